The van der Waals surface area contributed by atoms with Gasteiger partial charge in [-0.2, -0.15) is 0 Å². The second-order valence-corrected chi connectivity index (χ2v) is 13.8. The fraction of sp³-hybridized carbons (Fsp3) is 0. The number of rotatable bonds is 7. The van der Waals surface area contributed by atoms with Crippen molar-refractivity contribution in [1.29, 1.82) is 0 Å². The van der Waals surface area contributed by atoms with E-state index < -0.39 is 0 Å². The molecular weight excluding hydrogens is 653 g/mol. The third kappa shape index (κ3) is 5.62. The molecule has 0 amide bonds. The molecule has 2 heterocycles. The van der Waals surface area contributed by atoms with Crippen molar-refractivity contribution >= 4 is 44.3 Å². The van der Waals surface area contributed by atoms with Gasteiger partial charge in [0.2, 0.25) is 0 Å². The van der Waals surface area contributed by atoms with Crippen molar-refractivity contribution < 1.29 is 0 Å². The van der Waals surface area contributed by atoms with Crippen molar-refractivity contribution in [2.75, 3.05) is 4.90 Å². The Balaban J connectivity index is 0.918. The molecule has 10 aromatic rings. The first-order valence-corrected chi connectivity index (χ1v) is 18.5. The molecule has 0 saturated carbocycles. The second-order valence-electron chi connectivity index (χ2n) is 13.8. The highest BCUT2D eigenvalue weighted by molar-refractivity contribution is 6.19. The highest BCUT2D eigenvalue weighted by Gasteiger charge is 2.17. The Morgan fingerprint density at radius 2 is 0.778 bits per heavy atom. The minimum atomic E-state index is 1.13. The number of para-hydroxylation sites is 2. The summed E-state index contributed by atoms with van der Waals surface area (Å²) in [7, 11) is 0. The third-order valence-electron chi connectivity index (χ3n) is 10.6. The number of hydrogen-bond donors (Lipinski definition) is 0. The van der Waals surface area contributed by atoms with Crippen LogP contribution in [-0.4, -0.2) is 4.40 Å². The van der Waals surface area contributed by atoms with E-state index in [-0.39, 0.29) is 0 Å². The molecule has 0 aliphatic heterocycles. The number of nitrogens with zero attached hydrogens (tertiary/aromatic N) is 2. The van der Waals surface area contributed by atoms with Gasteiger partial charge in [-0.1, -0.05) is 152 Å². The number of pyridine rings is 1. The molecule has 54 heavy (non-hydrogen) atoms. The lowest BCUT2D eigenvalue weighted by Crippen LogP contribution is -2.09. The van der Waals surface area contributed by atoms with Gasteiger partial charge in [-0.3, -0.25) is 0 Å². The van der Waals surface area contributed by atoms with Gasteiger partial charge in [-0.15, -0.1) is 0 Å². The maximum Gasteiger partial charge on any atom is 0.0541 e. The zero-order chi connectivity index (χ0) is 35.8. The Morgan fingerprint density at radius 1 is 0.315 bits per heavy atom. The van der Waals surface area contributed by atoms with E-state index in [1.54, 1.807) is 0 Å². The van der Waals surface area contributed by atoms with Gasteiger partial charge in [0.1, 0.15) is 0 Å². The fourth-order valence-electron chi connectivity index (χ4n) is 7.96. The lowest BCUT2D eigenvalue weighted by molar-refractivity contribution is 1.26. The number of benzene rings is 8. The SMILES string of the molecule is c1ccc(-c2c3c4ccc(-c5ccc(-c6ccc(-c7ccc(N(c8ccccc8)c8ccccc8)cc7)cc6)cc5)cc4ccc3n3ccccc23)cc1. The summed E-state index contributed by atoms with van der Waals surface area (Å²) in [4.78, 5) is 2.29. The average Bonchev–Trinajstić information content (AvgIpc) is 3.60. The first kappa shape index (κ1) is 31.6. The molecule has 0 N–H and O–H groups in total. The minimum Gasteiger partial charge on any atom is -0.316 e. The van der Waals surface area contributed by atoms with Gasteiger partial charge in [-0.25, -0.2) is 0 Å². The summed E-state index contributed by atoms with van der Waals surface area (Å²) in [5, 5.41) is 3.82. The topological polar surface area (TPSA) is 7.65 Å². The Bertz CT molecular complexity index is 2830. The molecule has 10 rings (SSSR count). The number of anilines is 3. The number of aromatic nitrogens is 1. The smallest absolute Gasteiger partial charge is 0.0541 e. The summed E-state index contributed by atoms with van der Waals surface area (Å²) in [6.45, 7) is 0. The zero-order valence-electron chi connectivity index (χ0n) is 29.7. The monoisotopic (exact) mass is 688 g/mol. The Kier molecular flexibility index (Phi) is 7.85. The molecule has 254 valence electrons. The van der Waals surface area contributed by atoms with Gasteiger partial charge < -0.3 is 9.30 Å². The van der Waals surface area contributed by atoms with Gasteiger partial charge in [0.15, 0.2) is 0 Å². The fourth-order valence-corrected chi connectivity index (χ4v) is 7.96. The number of hydrogen-bond acceptors (Lipinski definition) is 1. The molecule has 0 atom stereocenters. The van der Waals surface area contributed by atoms with E-state index in [1.807, 2.05) is 0 Å². The highest BCUT2D eigenvalue weighted by Crippen LogP contribution is 2.41. The van der Waals surface area contributed by atoms with E-state index in [2.05, 4.69) is 228 Å². The van der Waals surface area contributed by atoms with Crippen LogP contribution in [-0.2, 0) is 0 Å². The molecule has 2 aromatic heterocycles. The molecule has 0 saturated heterocycles. The first-order valence-electron chi connectivity index (χ1n) is 18.5. The van der Waals surface area contributed by atoms with E-state index in [1.165, 1.54) is 71.7 Å². The zero-order valence-corrected chi connectivity index (χ0v) is 29.7. The number of fused-ring (bicyclic) bond motifs is 5. The van der Waals surface area contributed by atoms with Crippen LogP contribution in [0.15, 0.2) is 219 Å². The second kappa shape index (κ2) is 13.4. The molecule has 0 fully saturated rings. The largest absolute Gasteiger partial charge is 0.316 e. The molecule has 0 unspecified atom stereocenters. The van der Waals surface area contributed by atoms with E-state index in [4.69, 9.17) is 0 Å². The van der Waals surface area contributed by atoms with Crippen LogP contribution in [0.25, 0.3) is 71.7 Å². The van der Waals surface area contributed by atoms with Crippen LogP contribution in [0, 0.1) is 0 Å². The highest BCUT2D eigenvalue weighted by atomic mass is 15.1. The molecule has 0 radical (unpaired) electrons. The van der Waals surface area contributed by atoms with Crippen molar-refractivity contribution in [1.82, 2.24) is 4.40 Å². The van der Waals surface area contributed by atoms with Crippen molar-refractivity contribution in [3.8, 4) is 44.5 Å². The molecule has 2 nitrogen and oxygen atoms in total. The van der Waals surface area contributed by atoms with Crippen LogP contribution >= 0.6 is 0 Å². The van der Waals surface area contributed by atoms with E-state index in [9.17, 15) is 0 Å². The van der Waals surface area contributed by atoms with E-state index in [0.29, 0.717) is 0 Å². The van der Waals surface area contributed by atoms with Gasteiger partial charge in [-0.05, 0) is 110 Å². The molecule has 2 heteroatoms. The van der Waals surface area contributed by atoms with Gasteiger partial charge in [0.25, 0.3) is 0 Å². The van der Waals surface area contributed by atoms with Gasteiger partial charge in [0, 0.05) is 34.2 Å². The normalized spacial score (nSPS) is 11.3. The molecule has 8 aromatic carbocycles. The minimum absolute atomic E-state index is 1.13. The summed E-state index contributed by atoms with van der Waals surface area (Å²) in [5.74, 6) is 0. The molecule has 0 aliphatic rings. The van der Waals surface area contributed by atoms with Crippen molar-refractivity contribution in [3.63, 3.8) is 0 Å². The van der Waals surface area contributed by atoms with Crippen LogP contribution in [0.4, 0.5) is 17.1 Å². The molecule has 0 aliphatic carbocycles. The van der Waals surface area contributed by atoms with Crippen LogP contribution in [0.5, 0.6) is 0 Å². The standard InChI is InChI=1S/C52H36N2/c1-4-12-42(13-5-1)51-49-18-10-11-35-53(49)50-34-30-44-36-43(29-33-48(44)52(50)51)41-25-23-38(24-26-41)37-19-21-39(22-20-37)40-27-31-47(32-28-40)54(45-14-6-2-7-15-45)46-16-8-3-9-17-46/h1-36H. The van der Waals surface area contributed by atoms with Gasteiger partial charge >= 0.3 is 0 Å². The van der Waals surface area contributed by atoms with Crippen LogP contribution in [0.3, 0.4) is 0 Å². The van der Waals surface area contributed by atoms with Crippen molar-refractivity contribution in [2.24, 2.45) is 0 Å². The Hall–Kier alpha value is -7.16. The maximum absolute atomic E-state index is 2.33. The lowest BCUT2D eigenvalue weighted by atomic mass is 9.94. The summed E-state index contributed by atoms with van der Waals surface area (Å²) >= 11 is 0. The Morgan fingerprint density at radius 3 is 1.35 bits per heavy atom. The van der Waals surface area contributed by atoms with Gasteiger partial charge in [0.05, 0.1) is 11.0 Å². The third-order valence-corrected chi connectivity index (χ3v) is 10.6. The summed E-state index contributed by atoms with van der Waals surface area (Å²) in [5.41, 5.74) is 15.6. The predicted octanol–water partition coefficient (Wildman–Crippen LogP) is 14.4. The van der Waals surface area contributed by atoms with Crippen molar-refractivity contribution in [2.45, 2.75) is 0 Å². The summed E-state index contributed by atoms with van der Waals surface area (Å²) < 4.78 is 2.32. The van der Waals surface area contributed by atoms with Crippen molar-refractivity contribution in [3.05, 3.63) is 219 Å². The average molecular weight is 689 g/mol. The lowest BCUT2D eigenvalue weighted by Gasteiger charge is -2.25. The predicted molar refractivity (Wildman–Crippen MR) is 229 cm³/mol. The van der Waals surface area contributed by atoms with Crippen LogP contribution in [0.1, 0.15) is 0 Å². The van der Waals surface area contributed by atoms with Crippen LogP contribution < -0.4 is 4.90 Å². The quantitative estimate of drug-likeness (QED) is 0.162. The summed E-state index contributed by atoms with van der Waals surface area (Å²) in [6.07, 6.45) is 2.17. The molecule has 0 bridgehead atoms. The Labute approximate surface area is 315 Å². The molecule has 0 spiro atoms. The first-order chi connectivity index (χ1) is 26.8. The van der Waals surface area contributed by atoms with Crippen LogP contribution in [0.2, 0.25) is 0 Å². The maximum atomic E-state index is 2.33. The molecular formula is C52H36N2. The van der Waals surface area contributed by atoms with E-state index >= 15 is 0 Å². The van der Waals surface area contributed by atoms with E-state index in [0.717, 1.165) is 17.1 Å². The summed E-state index contributed by atoms with van der Waals surface area (Å²) in [6, 6.07) is 76.5.